The van der Waals surface area contributed by atoms with Crippen LogP contribution < -0.4 is 10.6 Å². The van der Waals surface area contributed by atoms with E-state index in [1.807, 2.05) is 12.3 Å². The van der Waals surface area contributed by atoms with E-state index in [1.54, 1.807) is 25.4 Å². The summed E-state index contributed by atoms with van der Waals surface area (Å²) in [6, 6.07) is 3.27. The first-order valence-electron chi connectivity index (χ1n) is 5.96. The molecule has 0 radical (unpaired) electrons. The number of nitrogens with zero attached hydrogens (tertiary/aromatic N) is 3. The van der Waals surface area contributed by atoms with Crippen molar-refractivity contribution in [1.29, 1.82) is 0 Å². The first-order valence-corrected chi connectivity index (χ1v) is 6.84. The number of carbonyl (C=O) groups is 1. The van der Waals surface area contributed by atoms with Crippen LogP contribution in [0.3, 0.4) is 0 Å². The van der Waals surface area contributed by atoms with Crippen molar-refractivity contribution in [2.45, 2.75) is 19.4 Å². The Bertz CT molecular complexity index is 526. The van der Waals surface area contributed by atoms with Crippen molar-refractivity contribution < 1.29 is 4.79 Å². The van der Waals surface area contributed by atoms with E-state index in [1.165, 1.54) is 11.3 Å². The average Bonchev–Trinajstić information content (AvgIpc) is 2.98. The minimum Gasteiger partial charge on any atom is -0.372 e. The molecule has 0 aromatic carbocycles. The Kier molecular flexibility index (Phi) is 4.40. The van der Waals surface area contributed by atoms with Crippen LogP contribution in [0, 0.1) is 0 Å². The Hall–Kier alpha value is -2.02. The number of anilines is 1. The highest BCUT2D eigenvalue weighted by Gasteiger charge is 2.17. The van der Waals surface area contributed by atoms with Gasteiger partial charge in [-0.15, -0.1) is 21.5 Å². The molecule has 0 aliphatic rings. The van der Waals surface area contributed by atoms with Crippen LogP contribution in [0.4, 0.5) is 5.82 Å². The highest BCUT2D eigenvalue weighted by atomic mass is 32.1. The second-order valence-electron chi connectivity index (χ2n) is 3.86. The van der Waals surface area contributed by atoms with Gasteiger partial charge in [0.2, 0.25) is 0 Å². The Morgan fingerprint density at radius 3 is 2.79 bits per heavy atom. The topological polar surface area (TPSA) is 79.8 Å². The minimum absolute atomic E-state index is 0.0849. The van der Waals surface area contributed by atoms with Gasteiger partial charge in [-0.3, -0.25) is 4.79 Å². The molecular formula is C12H15N5OS. The highest BCUT2D eigenvalue weighted by molar-refractivity contribution is 7.09. The largest absolute Gasteiger partial charge is 0.372 e. The van der Waals surface area contributed by atoms with Crippen molar-refractivity contribution in [3.05, 3.63) is 34.4 Å². The van der Waals surface area contributed by atoms with Gasteiger partial charge in [0, 0.05) is 18.6 Å². The monoisotopic (exact) mass is 277 g/mol. The molecule has 0 spiro atoms. The van der Waals surface area contributed by atoms with Crippen LogP contribution in [0.25, 0.3) is 0 Å². The zero-order chi connectivity index (χ0) is 13.7. The Balaban J connectivity index is 2.06. The van der Waals surface area contributed by atoms with Crippen LogP contribution in [0.2, 0.25) is 0 Å². The molecule has 100 valence electrons. The van der Waals surface area contributed by atoms with Crippen molar-refractivity contribution in [3.8, 4) is 0 Å². The summed E-state index contributed by atoms with van der Waals surface area (Å²) in [6.07, 6.45) is 2.51. The van der Waals surface area contributed by atoms with Crippen LogP contribution in [0.1, 0.15) is 34.9 Å². The lowest BCUT2D eigenvalue weighted by Crippen LogP contribution is -2.29. The SMILES string of the molecule is CCC(NC(=O)c1ccc(NC)nn1)c1nccs1. The standard InChI is InChI=1S/C12H15N5OS/c1-3-8(12-14-6-7-19-12)15-11(18)9-4-5-10(13-2)17-16-9/h4-8H,3H2,1-2H3,(H,13,17)(H,15,18). The minimum atomic E-state index is -0.239. The number of nitrogens with one attached hydrogen (secondary N) is 2. The molecular weight excluding hydrogens is 262 g/mol. The van der Waals surface area contributed by atoms with E-state index >= 15 is 0 Å². The number of thiazole rings is 1. The summed E-state index contributed by atoms with van der Waals surface area (Å²) < 4.78 is 0. The third kappa shape index (κ3) is 3.25. The normalized spacial score (nSPS) is 11.9. The van der Waals surface area contributed by atoms with Crippen LogP contribution in [0.15, 0.2) is 23.7 Å². The van der Waals surface area contributed by atoms with E-state index in [-0.39, 0.29) is 11.9 Å². The maximum atomic E-state index is 12.1. The van der Waals surface area contributed by atoms with E-state index in [4.69, 9.17) is 0 Å². The molecule has 1 atom stereocenters. The molecule has 7 heteroatoms. The summed E-state index contributed by atoms with van der Waals surface area (Å²) >= 11 is 1.53. The van der Waals surface area contributed by atoms with Gasteiger partial charge in [0.15, 0.2) is 5.69 Å². The first kappa shape index (κ1) is 13.4. The molecule has 0 bridgehead atoms. The van der Waals surface area contributed by atoms with Crippen molar-refractivity contribution >= 4 is 23.1 Å². The van der Waals surface area contributed by atoms with Crippen LogP contribution in [-0.2, 0) is 0 Å². The fourth-order valence-electron chi connectivity index (χ4n) is 1.56. The summed E-state index contributed by atoms with van der Waals surface area (Å²) in [5.41, 5.74) is 0.300. The molecule has 2 heterocycles. The van der Waals surface area contributed by atoms with Gasteiger partial charge in [-0.2, -0.15) is 0 Å². The molecule has 0 saturated carbocycles. The van der Waals surface area contributed by atoms with Crippen molar-refractivity contribution in [2.75, 3.05) is 12.4 Å². The van der Waals surface area contributed by atoms with Gasteiger partial charge >= 0.3 is 0 Å². The quantitative estimate of drug-likeness (QED) is 0.872. The lowest BCUT2D eigenvalue weighted by Gasteiger charge is -2.13. The van der Waals surface area contributed by atoms with Crippen LogP contribution >= 0.6 is 11.3 Å². The molecule has 0 saturated heterocycles. The van der Waals surface area contributed by atoms with Crippen molar-refractivity contribution in [2.24, 2.45) is 0 Å². The summed E-state index contributed by atoms with van der Waals surface area (Å²) in [5, 5.41) is 16.3. The smallest absolute Gasteiger partial charge is 0.272 e. The van der Waals surface area contributed by atoms with Gasteiger partial charge in [0.05, 0.1) is 6.04 Å². The average molecular weight is 277 g/mol. The Morgan fingerprint density at radius 1 is 1.42 bits per heavy atom. The Morgan fingerprint density at radius 2 is 2.26 bits per heavy atom. The molecule has 19 heavy (non-hydrogen) atoms. The number of amides is 1. The second-order valence-corrected chi connectivity index (χ2v) is 4.78. The van der Waals surface area contributed by atoms with E-state index in [2.05, 4.69) is 25.8 Å². The summed E-state index contributed by atoms with van der Waals surface area (Å²) in [4.78, 5) is 16.3. The van der Waals surface area contributed by atoms with E-state index < -0.39 is 0 Å². The van der Waals surface area contributed by atoms with Crippen molar-refractivity contribution in [1.82, 2.24) is 20.5 Å². The molecule has 2 aromatic rings. The van der Waals surface area contributed by atoms with Gasteiger partial charge in [-0.05, 0) is 18.6 Å². The molecule has 1 unspecified atom stereocenters. The van der Waals surface area contributed by atoms with Crippen LogP contribution in [0.5, 0.6) is 0 Å². The molecule has 2 aromatic heterocycles. The maximum Gasteiger partial charge on any atom is 0.272 e. The fraction of sp³-hybridized carbons (Fsp3) is 0.333. The van der Waals surface area contributed by atoms with Gasteiger partial charge in [-0.25, -0.2) is 4.98 Å². The molecule has 2 N–H and O–H groups in total. The molecule has 0 aliphatic carbocycles. The Labute approximate surface area is 115 Å². The summed E-state index contributed by atoms with van der Waals surface area (Å²) in [7, 11) is 1.75. The van der Waals surface area contributed by atoms with E-state index in [0.717, 1.165) is 11.4 Å². The van der Waals surface area contributed by atoms with Crippen LogP contribution in [-0.4, -0.2) is 28.1 Å². The number of carbonyl (C=O) groups excluding carboxylic acids is 1. The molecule has 0 aliphatic heterocycles. The van der Waals surface area contributed by atoms with Gasteiger partial charge in [0.25, 0.3) is 5.91 Å². The lowest BCUT2D eigenvalue weighted by atomic mass is 10.2. The molecule has 0 fully saturated rings. The molecule has 6 nitrogen and oxygen atoms in total. The molecule has 1 amide bonds. The predicted octanol–water partition coefficient (Wildman–Crippen LogP) is 1.86. The molecule has 2 rings (SSSR count). The zero-order valence-electron chi connectivity index (χ0n) is 10.8. The van der Waals surface area contributed by atoms with Gasteiger partial charge < -0.3 is 10.6 Å². The first-order chi connectivity index (χ1) is 9.24. The van der Waals surface area contributed by atoms with E-state index in [9.17, 15) is 4.79 Å². The fourth-order valence-corrected chi connectivity index (χ4v) is 2.34. The number of aromatic nitrogens is 3. The number of hydrogen-bond donors (Lipinski definition) is 2. The predicted molar refractivity (Wildman–Crippen MR) is 74.2 cm³/mol. The van der Waals surface area contributed by atoms with Gasteiger partial charge in [0.1, 0.15) is 10.8 Å². The maximum absolute atomic E-state index is 12.1. The van der Waals surface area contributed by atoms with Crippen molar-refractivity contribution in [3.63, 3.8) is 0 Å². The zero-order valence-corrected chi connectivity index (χ0v) is 11.6. The number of hydrogen-bond acceptors (Lipinski definition) is 6. The van der Waals surface area contributed by atoms with E-state index in [0.29, 0.717) is 11.5 Å². The lowest BCUT2D eigenvalue weighted by molar-refractivity contribution is 0.0929. The highest BCUT2D eigenvalue weighted by Crippen LogP contribution is 2.19. The number of rotatable bonds is 5. The summed E-state index contributed by atoms with van der Waals surface area (Å²) in [5.74, 6) is 0.390. The van der Waals surface area contributed by atoms with Gasteiger partial charge in [-0.1, -0.05) is 6.92 Å². The second kappa shape index (κ2) is 6.24. The summed E-state index contributed by atoms with van der Waals surface area (Å²) in [6.45, 7) is 2.00. The third-order valence-electron chi connectivity index (χ3n) is 2.62. The third-order valence-corrected chi connectivity index (χ3v) is 3.51.